The van der Waals surface area contributed by atoms with Crippen LogP contribution in [0.2, 0.25) is 0 Å². The fourth-order valence-corrected chi connectivity index (χ4v) is 13.3. The number of para-hydroxylation sites is 2. The minimum Gasteiger partial charge on any atom is -0.493 e. The van der Waals surface area contributed by atoms with Crippen molar-refractivity contribution in [3.8, 4) is 17.2 Å². The zero-order chi connectivity index (χ0) is 52.5. The van der Waals surface area contributed by atoms with Crippen molar-refractivity contribution >= 4 is 56.2 Å². The summed E-state index contributed by atoms with van der Waals surface area (Å²) in [6.07, 6.45) is 8.24. The summed E-state index contributed by atoms with van der Waals surface area (Å²) in [6.45, 7) is 12.8. The molecule has 1 radical (unpaired) electrons. The number of carbonyl (C=O) groups is 3. The fraction of sp³-hybridized carbons (Fsp3) is 0.443. The summed E-state index contributed by atoms with van der Waals surface area (Å²) in [4.78, 5) is 46.9. The molecule has 4 aliphatic heterocycles. The Bertz CT molecular complexity index is 2840. The number of nitrogens with zero attached hydrogens (tertiary/aromatic N) is 3. The van der Waals surface area contributed by atoms with Crippen molar-refractivity contribution in [2.24, 2.45) is 0 Å². The summed E-state index contributed by atoms with van der Waals surface area (Å²) in [7, 11) is 6.94. The Hall–Kier alpha value is -4.41. The first kappa shape index (κ1) is 57.8. The second-order valence-electron chi connectivity index (χ2n) is 20.5. The van der Waals surface area contributed by atoms with Crippen LogP contribution in [0.15, 0.2) is 91.0 Å². The van der Waals surface area contributed by atoms with Gasteiger partial charge >= 0.3 is 0 Å². The van der Waals surface area contributed by atoms with Gasteiger partial charge in [0, 0.05) is 110 Å². The summed E-state index contributed by atoms with van der Waals surface area (Å²) >= 11 is 0. The van der Waals surface area contributed by atoms with Gasteiger partial charge in [-0.3, -0.25) is 14.4 Å². The van der Waals surface area contributed by atoms with Gasteiger partial charge in [0.15, 0.2) is 11.5 Å². The van der Waals surface area contributed by atoms with E-state index in [1.807, 2.05) is 87.7 Å². The molecule has 0 saturated heterocycles. The summed E-state index contributed by atoms with van der Waals surface area (Å²) in [5.74, 6) is 3.04. The van der Waals surface area contributed by atoms with Crippen molar-refractivity contribution < 1.29 is 75.5 Å². The van der Waals surface area contributed by atoms with E-state index in [1.54, 1.807) is 14.2 Å². The molecule has 0 bridgehead atoms. The topological polar surface area (TPSA) is 116 Å². The first-order valence-electron chi connectivity index (χ1n) is 26.5. The van der Waals surface area contributed by atoms with Gasteiger partial charge in [0.25, 0.3) is 11.8 Å². The molecule has 0 unspecified atom stereocenters. The fourth-order valence-electron chi connectivity index (χ4n) is 10.8. The number of methoxy groups -OCH3 is 2. The van der Waals surface area contributed by atoms with E-state index in [-0.39, 0.29) is 74.6 Å². The molecule has 2 atom stereocenters. The average molecular weight is 1140 g/mol. The predicted molar refractivity (Wildman–Crippen MR) is 301 cm³/mol. The summed E-state index contributed by atoms with van der Waals surface area (Å²) < 4.78 is 36.3. The number of hydrogen-bond donors (Lipinski definition) is 0. The van der Waals surface area contributed by atoms with Crippen molar-refractivity contribution in [2.75, 3.05) is 80.8 Å². The summed E-state index contributed by atoms with van der Waals surface area (Å²) in [5.41, 5.74) is 11.5. The second kappa shape index (κ2) is 27.0. The molecule has 0 aliphatic carbocycles. The van der Waals surface area contributed by atoms with Crippen LogP contribution in [0.4, 0.5) is 17.1 Å². The molecule has 76 heavy (non-hydrogen) atoms. The molecule has 9 rings (SSSR count). The molecule has 401 valence electrons. The standard InChI is InChI=1S/C61H72N3O9S2.Y/c1-7-51(65)15-12-28-74-75-61(3,4)40-62(22-23-70-26-27-71-25-24-68-5)50-31-42(38-72-56-35-44-18-20-48-33-46-13-8-10-16-54(46)63(48)59(66)52(44)29-41(56)2)30-43(32-50)39-73-58-36-45-19-21-49-34-47-14-9-11-17-55(47)64(49)60(67)53(45)37-57(58)69-6;/h8-11,13-14,16-17,21,29-32,35-37,48-49H,7,12,15,18-20,22-28,33-34,38-40H2,1-6H3;/q-1;/t48-,49-;/m1./s1. The third kappa shape index (κ3) is 13.9. The van der Waals surface area contributed by atoms with Gasteiger partial charge < -0.3 is 49.5 Å². The van der Waals surface area contributed by atoms with E-state index < -0.39 is 0 Å². The molecule has 5 aromatic rings. The van der Waals surface area contributed by atoms with Gasteiger partial charge in [0.05, 0.1) is 40.1 Å². The van der Waals surface area contributed by atoms with E-state index in [0.29, 0.717) is 88.2 Å². The van der Waals surface area contributed by atoms with Gasteiger partial charge in [-0.15, -0.1) is 0 Å². The SMILES string of the molecule is CCC(=O)CCCSSC(C)(C)CN(CCOCCOCCOC)c1cc(COc2cc3c(cc2C)C(=O)N2c4ccccc4C[C@H]2CC3)cc(COc2cc3c(cc2OC)C(=O)N2c4ccccc4C[C@H]2[CH-]C3)c1.[Y]. The predicted octanol–water partition coefficient (Wildman–Crippen LogP) is 11.4. The monoisotopic (exact) mass is 1140 g/mol. The van der Waals surface area contributed by atoms with Gasteiger partial charge in [0.1, 0.15) is 24.7 Å². The van der Waals surface area contributed by atoms with E-state index in [2.05, 4.69) is 73.7 Å². The van der Waals surface area contributed by atoms with Gasteiger partial charge in [0.2, 0.25) is 0 Å². The quantitative estimate of drug-likeness (QED) is 0.0298. The largest absolute Gasteiger partial charge is 0.493 e. The van der Waals surface area contributed by atoms with Crippen LogP contribution in [0.25, 0.3) is 0 Å². The molecule has 2 amide bonds. The van der Waals surface area contributed by atoms with Crippen molar-refractivity contribution in [3.05, 3.63) is 147 Å². The third-order valence-electron chi connectivity index (χ3n) is 14.6. The Morgan fingerprint density at radius 3 is 2.12 bits per heavy atom. The number of rotatable bonds is 26. The zero-order valence-corrected chi connectivity index (χ0v) is 49.5. The Kier molecular flexibility index (Phi) is 20.5. The number of benzene rings is 5. The average Bonchev–Trinajstić information content (AvgIpc) is 3.93. The molecule has 0 saturated carbocycles. The molecular weight excluding hydrogens is 1070 g/mol. The number of fused-ring (bicyclic) bond motifs is 8. The van der Waals surface area contributed by atoms with Crippen LogP contribution in [-0.2, 0) is 90.6 Å². The Balaban J connectivity index is 0.00000765. The van der Waals surface area contributed by atoms with Crippen molar-refractivity contribution in [1.82, 2.24) is 0 Å². The van der Waals surface area contributed by atoms with Crippen LogP contribution in [-0.4, -0.2) is 101 Å². The summed E-state index contributed by atoms with van der Waals surface area (Å²) in [6, 6.07) is 31.0. The second-order valence-corrected chi connectivity index (χ2v) is 23.7. The maximum absolute atomic E-state index is 14.3. The number of carbonyl (C=O) groups excluding carboxylic acids is 3. The smallest absolute Gasteiger partial charge is 0.258 e. The van der Waals surface area contributed by atoms with Crippen LogP contribution in [0.1, 0.15) is 106 Å². The van der Waals surface area contributed by atoms with Crippen molar-refractivity contribution in [3.63, 3.8) is 0 Å². The minimum absolute atomic E-state index is 0. The van der Waals surface area contributed by atoms with E-state index in [1.165, 1.54) is 11.1 Å². The van der Waals surface area contributed by atoms with Crippen LogP contribution >= 0.6 is 21.6 Å². The van der Waals surface area contributed by atoms with Crippen LogP contribution in [0, 0.1) is 13.3 Å². The Morgan fingerprint density at radius 1 is 0.750 bits per heavy atom. The van der Waals surface area contributed by atoms with E-state index >= 15 is 0 Å². The molecule has 0 aromatic heterocycles. The molecule has 4 aliphatic rings. The molecule has 15 heteroatoms. The summed E-state index contributed by atoms with van der Waals surface area (Å²) in [5, 5.41) is 0. The molecule has 5 aromatic carbocycles. The number of amides is 2. The normalized spacial score (nSPS) is 16.3. The first-order chi connectivity index (χ1) is 36.4. The number of hydrogen-bond acceptors (Lipinski definition) is 12. The van der Waals surface area contributed by atoms with Crippen LogP contribution in [0.3, 0.4) is 0 Å². The molecule has 0 N–H and O–H groups in total. The molecular formula is C61H72N3O9S2Y-. The number of ether oxygens (including phenoxy) is 6. The third-order valence-corrected chi connectivity index (χ3v) is 17.9. The van der Waals surface area contributed by atoms with Crippen LogP contribution < -0.4 is 28.9 Å². The van der Waals surface area contributed by atoms with Gasteiger partial charge in [-0.2, -0.15) is 6.42 Å². The number of ketones is 1. The van der Waals surface area contributed by atoms with Gasteiger partial charge in [-0.25, -0.2) is 0 Å². The van der Waals surface area contributed by atoms with E-state index in [0.717, 1.165) is 94.0 Å². The minimum atomic E-state index is -0.180. The van der Waals surface area contributed by atoms with Gasteiger partial charge in [-0.05, 0) is 141 Å². The zero-order valence-electron chi connectivity index (χ0n) is 45.0. The molecule has 0 spiro atoms. The molecule has 0 fully saturated rings. The maximum Gasteiger partial charge on any atom is 0.258 e. The Labute approximate surface area is 482 Å². The maximum atomic E-state index is 14.3. The van der Waals surface area contributed by atoms with Crippen molar-refractivity contribution in [2.45, 2.75) is 109 Å². The molecule has 4 heterocycles. The van der Waals surface area contributed by atoms with E-state index in [4.69, 9.17) is 28.4 Å². The Morgan fingerprint density at radius 2 is 1.39 bits per heavy atom. The van der Waals surface area contributed by atoms with Crippen molar-refractivity contribution in [1.29, 1.82) is 0 Å². The van der Waals surface area contributed by atoms with E-state index in [9.17, 15) is 14.4 Å². The van der Waals surface area contributed by atoms with Gasteiger partial charge in [-0.1, -0.05) is 76.5 Å². The first-order valence-corrected chi connectivity index (χ1v) is 28.9. The molecule has 12 nitrogen and oxygen atoms in total. The number of anilines is 3. The number of aryl methyl sites for hydroxylation is 2. The van der Waals surface area contributed by atoms with Crippen LogP contribution in [0.5, 0.6) is 17.2 Å². The number of Topliss-reactive ketones (excluding diaryl/α,β-unsaturated/α-hetero) is 1.